The number of carbonyl (C=O) groups is 2. The predicted octanol–water partition coefficient (Wildman–Crippen LogP) is 7.02. The molecule has 18 nitrogen and oxygen atoms in total. The molecule has 308 valence electrons. The first-order chi connectivity index (χ1) is 28.4. The smallest absolute Gasteiger partial charge is 0.432 e. The van der Waals surface area contributed by atoms with Crippen LogP contribution in [0.5, 0.6) is 0 Å². The van der Waals surface area contributed by atoms with E-state index < -0.39 is 47.9 Å². The maximum absolute atomic E-state index is 13.3. The number of hydrogen-bond acceptors (Lipinski definition) is 14. The average Bonchev–Trinajstić information content (AvgIpc) is 3.73. The molecular formula is C41H42N6O12. The quantitative estimate of drug-likeness (QED) is 0.0264. The van der Waals surface area contributed by atoms with Crippen LogP contribution in [0.4, 0.5) is 4.79 Å². The zero-order chi connectivity index (χ0) is 42.1. The SMILES string of the molecule is CCCc1nc2c(C)cc(-c3nc4ccccc4n3C)cc2n1Cc1ccc(-c2ccccc2C(=O)OC(C)OC(=O)OCCOCC(CO[N+](=O)[O-])O[N+](=O)[O-])cc1. The highest BCUT2D eigenvalue weighted by atomic mass is 17.0. The van der Waals surface area contributed by atoms with Crippen molar-refractivity contribution in [3.63, 3.8) is 0 Å². The summed E-state index contributed by atoms with van der Waals surface area (Å²) in [5.41, 5.74) is 8.73. The Bertz CT molecular complexity index is 2460. The molecule has 2 aromatic heterocycles. The molecule has 6 rings (SSSR count). The van der Waals surface area contributed by atoms with Crippen LogP contribution in [0.2, 0.25) is 0 Å². The number of fused-ring (bicyclic) bond motifs is 2. The lowest BCUT2D eigenvalue weighted by Crippen LogP contribution is -2.30. The molecule has 0 radical (unpaired) electrons. The van der Waals surface area contributed by atoms with Gasteiger partial charge in [-0.1, -0.05) is 61.5 Å². The second-order valence-corrected chi connectivity index (χ2v) is 13.5. The molecule has 0 fully saturated rings. The van der Waals surface area contributed by atoms with Gasteiger partial charge in [0.05, 0.1) is 40.8 Å². The number of para-hydroxylation sites is 2. The minimum absolute atomic E-state index is 0.251. The van der Waals surface area contributed by atoms with Crippen LogP contribution in [0, 0.1) is 27.2 Å². The van der Waals surface area contributed by atoms with Crippen LogP contribution in [0.1, 0.15) is 47.6 Å². The van der Waals surface area contributed by atoms with Gasteiger partial charge in [-0.2, -0.15) is 0 Å². The number of benzene rings is 4. The number of carbonyl (C=O) groups excluding carboxylic acids is 2. The summed E-state index contributed by atoms with van der Waals surface area (Å²) in [4.78, 5) is 64.7. The number of imidazole rings is 2. The molecule has 2 atom stereocenters. The lowest BCUT2D eigenvalue weighted by Gasteiger charge is -2.16. The zero-order valence-corrected chi connectivity index (χ0v) is 32.8. The van der Waals surface area contributed by atoms with Crippen LogP contribution in [0.3, 0.4) is 0 Å². The van der Waals surface area contributed by atoms with Crippen molar-refractivity contribution in [3.05, 3.63) is 128 Å². The molecule has 0 aliphatic heterocycles. The van der Waals surface area contributed by atoms with Crippen LogP contribution < -0.4 is 0 Å². The third-order valence-corrected chi connectivity index (χ3v) is 9.28. The van der Waals surface area contributed by atoms with Gasteiger partial charge in [-0.05, 0) is 65.9 Å². The van der Waals surface area contributed by atoms with Gasteiger partial charge in [0, 0.05) is 32.5 Å². The highest BCUT2D eigenvalue weighted by Crippen LogP contribution is 2.31. The van der Waals surface area contributed by atoms with Crippen molar-refractivity contribution in [1.29, 1.82) is 0 Å². The van der Waals surface area contributed by atoms with Crippen LogP contribution >= 0.6 is 0 Å². The fourth-order valence-corrected chi connectivity index (χ4v) is 6.63. The van der Waals surface area contributed by atoms with E-state index >= 15 is 0 Å². The molecule has 4 aromatic carbocycles. The maximum atomic E-state index is 13.3. The Balaban J connectivity index is 1.09. The molecule has 59 heavy (non-hydrogen) atoms. The summed E-state index contributed by atoms with van der Waals surface area (Å²) in [6.07, 6.45) is -2.13. The normalized spacial score (nSPS) is 12.2. The van der Waals surface area contributed by atoms with Gasteiger partial charge in [-0.25, -0.2) is 19.6 Å². The average molecular weight is 811 g/mol. The number of nitrogens with zero attached hydrogens (tertiary/aromatic N) is 6. The summed E-state index contributed by atoms with van der Waals surface area (Å²) in [6, 6.07) is 27.2. The topological polar surface area (TPSA) is 211 Å². The Labute approximate surface area is 337 Å². The molecule has 0 aliphatic carbocycles. The number of esters is 1. The lowest BCUT2D eigenvalue weighted by atomic mass is 9.98. The van der Waals surface area contributed by atoms with E-state index in [1.165, 1.54) is 6.92 Å². The number of rotatable bonds is 19. The second kappa shape index (κ2) is 18.9. The third-order valence-electron chi connectivity index (χ3n) is 9.28. The number of aromatic nitrogens is 4. The van der Waals surface area contributed by atoms with E-state index in [4.69, 9.17) is 28.9 Å². The highest BCUT2D eigenvalue weighted by molar-refractivity contribution is 5.97. The van der Waals surface area contributed by atoms with Gasteiger partial charge in [0.25, 0.3) is 10.2 Å². The van der Waals surface area contributed by atoms with Gasteiger partial charge in [0.15, 0.2) is 6.10 Å². The fourth-order valence-electron chi connectivity index (χ4n) is 6.63. The van der Waals surface area contributed by atoms with E-state index in [1.807, 2.05) is 49.5 Å². The summed E-state index contributed by atoms with van der Waals surface area (Å²) in [7, 11) is 2.03. The molecular weight excluding hydrogens is 768 g/mol. The Kier molecular flexibility index (Phi) is 13.3. The molecule has 0 amide bonds. The first-order valence-electron chi connectivity index (χ1n) is 18.7. The van der Waals surface area contributed by atoms with E-state index in [1.54, 1.807) is 24.3 Å². The third kappa shape index (κ3) is 10.3. The zero-order valence-electron chi connectivity index (χ0n) is 32.8. The first kappa shape index (κ1) is 41.6. The van der Waals surface area contributed by atoms with Crippen molar-refractivity contribution in [2.75, 3.05) is 26.4 Å². The van der Waals surface area contributed by atoms with Crippen LogP contribution in [0.25, 0.3) is 44.6 Å². The molecule has 0 N–H and O–H groups in total. The van der Waals surface area contributed by atoms with Crippen LogP contribution in [-0.2, 0) is 48.6 Å². The van der Waals surface area contributed by atoms with Crippen molar-refractivity contribution in [2.24, 2.45) is 7.05 Å². The van der Waals surface area contributed by atoms with Crippen molar-refractivity contribution < 1.29 is 48.4 Å². The molecule has 6 aromatic rings. The van der Waals surface area contributed by atoms with Gasteiger partial charge < -0.3 is 37.8 Å². The van der Waals surface area contributed by atoms with E-state index in [0.717, 1.165) is 68.8 Å². The number of ether oxygens (including phenoxy) is 4. The van der Waals surface area contributed by atoms with E-state index in [-0.39, 0.29) is 18.8 Å². The van der Waals surface area contributed by atoms with E-state index in [0.29, 0.717) is 12.1 Å². The van der Waals surface area contributed by atoms with Crippen LogP contribution in [0.15, 0.2) is 84.9 Å². The largest absolute Gasteiger partial charge is 0.511 e. The molecule has 18 heteroatoms. The molecule has 0 saturated heterocycles. The minimum atomic E-state index is -1.39. The van der Waals surface area contributed by atoms with Crippen molar-refractivity contribution in [3.8, 4) is 22.5 Å². The van der Waals surface area contributed by atoms with Crippen molar-refractivity contribution in [1.82, 2.24) is 19.1 Å². The van der Waals surface area contributed by atoms with Gasteiger partial charge in [0.1, 0.15) is 24.9 Å². The Morgan fingerprint density at radius 2 is 1.59 bits per heavy atom. The minimum Gasteiger partial charge on any atom is -0.432 e. The summed E-state index contributed by atoms with van der Waals surface area (Å²) in [5, 5.41) is 18.6. The lowest BCUT2D eigenvalue weighted by molar-refractivity contribution is -0.790. The maximum Gasteiger partial charge on any atom is 0.511 e. The molecule has 0 aliphatic rings. The van der Waals surface area contributed by atoms with Gasteiger partial charge >= 0.3 is 12.1 Å². The molecule has 2 heterocycles. The summed E-state index contributed by atoms with van der Waals surface area (Å²) >= 11 is 0. The Hall–Kier alpha value is -7.08. The summed E-state index contributed by atoms with van der Waals surface area (Å²) in [6.45, 7) is 4.33. The standard InChI is InChI=1S/C41H42N6O12/c1-5-10-37-43-38-26(2)21-30(39-42-34-13-8-9-14-35(34)44(39)4)22-36(38)45(37)23-28-15-17-29(18-16-28)32-11-6-7-12-33(32)40(48)57-27(3)58-41(49)55-20-19-54-24-31(59-47(52)53)25-56-46(50)51/h6-9,11-18,21-22,27,31H,5,10,19-20,23-25H2,1-4H3. The first-order valence-corrected chi connectivity index (χ1v) is 18.7. The van der Waals surface area contributed by atoms with Gasteiger partial charge in [-0.15, -0.1) is 20.2 Å². The summed E-state index contributed by atoms with van der Waals surface area (Å²) in [5.74, 6) is 1.14. The van der Waals surface area contributed by atoms with E-state index in [2.05, 4.69) is 50.9 Å². The molecule has 0 spiro atoms. The van der Waals surface area contributed by atoms with Crippen LogP contribution in [-0.4, -0.2) is 80.2 Å². The molecule has 0 saturated carbocycles. The monoisotopic (exact) mass is 810 g/mol. The predicted molar refractivity (Wildman–Crippen MR) is 212 cm³/mol. The number of hydrogen-bond donors (Lipinski definition) is 0. The van der Waals surface area contributed by atoms with Crippen molar-refractivity contribution in [2.45, 2.75) is 52.6 Å². The summed E-state index contributed by atoms with van der Waals surface area (Å²) < 4.78 is 24.8. The van der Waals surface area contributed by atoms with E-state index in [9.17, 15) is 29.8 Å². The Morgan fingerprint density at radius 1 is 0.847 bits per heavy atom. The van der Waals surface area contributed by atoms with Gasteiger partial charge in [-0.3, -0.25) is 0 Å². The molecule has 0 bridgehead atoms. The second-order valence-electron chi connectivity index (χ2n) is 13.5. The van der Waals surface area contributed by atoms with Crippen molar-refractivity contribution >= 4 is 34.2 Å². The van der Waals surface area contributed by atoms with Gasteiger partial charge in [0.2, 0.25) is 6.29 Å². The highest BCUT2D eigenvalue weighted by Gasteiger charge is 2.22. The molecule has 2 unspecified atom stereocenters. The fraction of sp³-hybridized carbons (Fsp3) is 0.317. The Morgan fingerprint density at radius 3 is 2.32 bits per heavy atom. The number of aryl methyl sites for hydroxylation is 3.